The van der Waals surface area contributed by atoms with Gasteiger partial charge >= 0.3 is 0 Å². The molecule has 1 aliphatic rings. The second kappa shape index (κ2) is 8.98. The monoisotopic (exact) mass is 409 g/mol. The van der Waals surface area contributed by atoms with E-state index >= 15 is 0 Å². The van der Waals surface area contributed by atoms with E-state index in [2.05, 4.69) is 9.88 Å². The first-order valence-corrected chi connectivity index (χ1v) is 10.4. The van der Waals surface area contributed by atoms with E-state index in [9.17, 15) is 9.50 Å². The van der Waals surface area contributed by atoms with Crippen molar-refractivity contribution in [1.82, 2.24) is 14.5 Å². The van der Waals surface area contributed by atoms with Gasteiger partial charge in [-0.05, 0) is 43.5 Å². The van der Waals surface area contributed by atoms with Crippen molar-refractivity contribution in [2.45, 2.75) is 45.1 Å². The molecule has 3 aromatic rings. The number of piperidine rings is 1. The number of aromatic nitrogens is 2. The van der Waals surface area contributed by atoms with Crippen LogP contribution in [0.5, 0.6) is 5.75 Å². The Kier molecular flexibility index (Phi) is 6.16. The fourth-order valence-corrected chi connectivity index (χ4v) is 3.90. The molecule has 5 nitrogen and oxygen atoms in total. The molecular weight excluding hydrogens is 381 g/mol. The van der Waals surface area contributed by atoms with Gasteiger partial charge in [0.15, 0.2) is 0 Å². The summed E-state index contributed by atoms with van der Waals surface area (Å²) in [5, 5.41) is 10.9. The van der Waals surface area contributed by atoms with E-state index in [1.54, 1.807) is 24.4 Å². The lowest BCUT2D eigenvalue weighted by Gasteiger charge is -2.38. The Morgan fingerprint density at radius 2 is 1.83 bits per heavy atom. The summed E-state index contributed by atoms with van der Waals surface area (Å²) < 4.78 is 21.4. The van der Waals surface area contributed by atoms with Gasteiger partial charge in [-0.15, -0.1) is 0 Å². The van der Waals surface area contributed by atoms with Crippen LogP contribution in [-0.4, -0.2) is 38.2 Å². The molecule has 0 radical (unpaired) electrons. The third-order valence-corrected chi connectivity index (χ3v) is 5.86. The minimum absolute atomic E-state index is 0.215. The molecule has 0 unspecified atom stereocenters. The third-order valence-electron chi connectivity index (χ3n) is 5.86. The number of nitrogens with zero attached hydrogens (tertiary/aromatic N) is 3. The van der Waals surface area contributed by atoms with Gasteiger partial charge in [-0.3, -0.25) is 4.90 Å². The van der Waals surface area contributed by atoms with Crippen molar-refractivity contribution in [1.29, 1.82) is 0 Å². The first-order valence-electron chi connectivity index (χ1n) is 10.4. The lowest BCUT2D eigenvalue weighted by Crippen LogP contribution is -2.46. The molecule has 4 rings (SSSR count). The highest BCUT2D eigenvalue weighted by atomic mass is 19.1. The first-order chi connectivity index (χ1) is 14.5. The van der Waals surface area contributed by atoms with Gasteiger partial charge < -0.3 is 14.4 Å². The summed E-state index contributed by atoms with van der Waals surface area (Å²) in [5.74, 6) is 1.41. The maximum absolute atomic E-state index is 13.7. The van der Waals surface area contributed by atoms with E-state index < -0.39 is 5.60 Å². The van der Waals surface area contributed by atoms with Crippen LogP contribution in [0, 0.1) is 12.7 Å². The van der Waals surface area contributed by atoms with Crippen LogP contribution < -0.4 is 4.74 Å². The molecule has 2 aromatic carbocycles. The maximum atomic E-state index is 13.7. The lowest BCUT2D eigenvalue weighted by molar-refractivity contribution is -0.0361. The zero-order valence-corrected chi connectivity index (χ0v) is 17.3. The van der Waals surface area contributed by atoms with Crippen molar-refractivity contribution in [3.8, 4) is 5.75 Å². The van der Waals surface area contributed by atoms with Crippen molar-refractivity contribution in [3.63, 3.8) is 0 Å². The van der Waals surface area contributed by atoms with Crippen molar-refractivity contribution >= 4 is 0 Å². The highest BCUT2D eigenvalue weighted by molar-refractivity contribution is 5.28. The topological polar surface area (TPSA) is 50.5 Å². The van der Waals surface area contributed by atoms with E-state index in [1.165, 1.54) is 11.6 Å². The van der Waals surface area contributed by atoms with Crippen LogP contribution in [0.4, 0.5) is 4.39 Å². The standard InChI is InChI=1S/C24H28FN3O2/c1-19-26-12-15-28(19)18-24(29)10-13-27(14-11-24)16-20-6-8-22(9-7-20)30-17-21-4-2-3-5-23(21)25/h2-9,12,15,29H,10-11,13-14,16-18H2,1H3. The Bertz CT molecular complexity index is 963. The molecule has 1 N–H and O–H groups in total. The number of ether oxygens (including phenoxy) is 1. The van der Waals surface area contributed by atoms with E-state index in [1.807, 2.05) is 42.0 Å². The minimum atomic E-state index is -0.674. The second-order valence-electron chi connectivity index (χ2n) is 8.13. The summed E-state index contributed by atoms with van der Waals surface area (Å²) in [6.45, 7) is 5.33. The number of hydrogen-bond acceptors (Lipinski definition) is 4. The molecule has 2 heterocycles. The van der Waals surface area contributed by atoms with Gasteiger partial charge in [0.25, 0.3) is 0 Å². The van der Waals surface area contributed by atoms with Crippen molar-refractivity contribution in [2.75, 3.05) is 13.1 Å². The summed E-state index contributed by atoms with van der Waals surface area (Å²) >= 11 is 0. The average molecular weight is 410 g/mol. The smallest absolute Gasteiger partial charge is 0.129 e. The van der Waals surface area contributed by atoms with Crippen LogP contribution in [0.2, 0.25) is 0 Å². The molecule has 0 atom stereocenters. The number of aliphatic hydroxyl groups is 1. The molecule has 0 amide bonds. The lowest BCUT2D eigenvalue weighted by atomic mass is 9.91. The molecule has 30 heavy (non-hydrogen) atoms. The van der Waals surface area contributed by atoms with Gasteiger partial charge in [-0.25, -0.2) is 9.37 Å². The summed E-state index contributed by atoms with van der Waals surface area (Å²) in [5.41, 5.74) is 1.07. The highest BCUT2D eigenvalue weighted by Crippen LogP contribution is 2.26. The quantitative estimate of drug-likeness (QED) is 0.642. The molecule has 1 fully saturated rings. The number of likely N-dealkylation sites (tertiary alicyclic amines) is 1. The predicted octanol–water partition coefficient (Wildman–Crippen LogP) is 3.94. The third kappa shape index (κ3) is 5.07. The Balaban J connectivity index is 1.26. The normalized spacial score (nSPS) is 16.5. The molecular formula is C24H28FN3O2. The Morgan fingerprint density at radius 1 is 1.10 bits per heavy atom. The van der Waals surface area contributed by atoms with Gasteiger partial charge in [0, 0.05) is 37.6 Å². The number of rotatable bonds is 7. The van der Waals surface area contributed by atoms with Crippen molar-refractivity contribution < 1.29 is 14.2 Å². The maximum Gasteiger partial charge on any atom is 0.129 e. The van der Waals surface area contributed by atoms with Crippen LogP contribution in [0.25, 0.3) is 0 Å². The molecule has 158 valence electrons. The molecule has 0 saturated carbocycles. The highest BCUT2D eigenvalue weighted by Gasteiger charge is 2.32. The van der Waals surface area contributed by atoms with E-state index in [-0.39, 0.29) is 12.4 Å². The van der Waals surface area contributed by atoms with Crippen molar-refractivity contribution in [3.05, 3.63) is 83.7 Å². The first kappa shape index (κ1) is 20.6. The fraction of sp³-hybridized carbons (Fsp3) is 0.375. The van der Waals surface area contributed by atoms with E-state index in [0.717, 1.165) is 44.0 Å². The largest absolute Gasteiger partial charge is 0.489 e. The van der Waals surface area contributed by atoms with Gasteiger partial charge in [-0.2, -0.15) is 0 Å². The Morgan fingerprint density at radius 3 is 2.50 bits per heavy atom. The van der Waals surface area contributed by atoms with Crippen LogP contribution in [-0.2, 0) is 19.7 Å². The SMILES string of the molecule is Cc1nccn1CC1(O)CCN(Cc2ccc(OCc3ccccc3F)cc2)CC1. The summed E-state index contributed by atoms with van der Waals surface area (Å²) in [7, 11) is 0. The van der Waals surface area contributed by atoms with Crippen molar-refractivity contribution in [2.24, 2.45) is 0 Å². The molecule has 0 spiro atoms. The van der Waals surface area contributed by atoms with E-state index in [4.69, 9.17) is 4.74 Å². The van der Waals surface area contributed by atoms with E-state index in [0.29, 0.717) is 12.1 Å². The summed E-state index contributed by atoms with van der Waals surface area (Å²) in [6, 6.07) is 14.6. The fourth-order valence-electron chi connectivity index (χ4n) is 3.90. The zero-order valence-electron chi connectivity index (χ0n) is 17.3. The van der Waals surface area contributed by atoms with Crippen LogP contribution in [0.15, 0.2) is 60.9 Å². The van der Waals surface area contributed by atoms with Crippen LogP contribution >= 0.6 is 0 Å². The van der Waals surface area contributed by atoms with Gasteiger partial charge in [0.2, 0.25) is 0 Å². The number of hydrogen-bond donors (Lipinski definition) is 1. The number of benzene rings is 2. The zero-order chi connectivity index (χ0) is 21.0. The van der Waals surface area contributed by atoms with Gasteiger partial charge in [0.1, 0.15) is 24.0 Å². The number of imidazole rings is 1. The van der Waals surface area contributed by atoms with Crippen LogP contribution in [0.3, 0.4) is 0 Å². The molecule has 1 saturated heterocycles. The molecule has 0 bridgehead atoms. The molecule has 0 aliphatic carbocycles. The average Bonchev–Trinajstić information content (AvgIpc) is 3.14. The number of halogens is 1. The Hall–Kier alpha value is -2.70. The summed E-state index contributed by atoms with van der Waals surface area (Å²) in [6.07, 6.45) is 5.19. The summed E-state index contributed by atoms with van der Waals surface area (Å²) in [4.78, 5) is 6.60. The molecule has 1 aromatic heterocycles. The molecule has 6 heteroatoms. The van der Waals surface area contributed by atoms with Gasteiger partial charge in [-0.1, -0.05) is 30.3 Å². The second-order valence-corrected chi connectivity index (χ2v) is 8.13. The number of aryl methyl sites for hydroxylation is 1. The minimum Gasteiger partial charge on any atom is -0.489 e. The Labute approximate surface area is 176 Å². The van der Waals surface area contributed by atoms with Gasteiger partial charge in [0.05, 0.1) is 12.1 Å². The van der Waals surface area contributed by atoms with Crippen LogP contribution in [0.1, 0.15) is 29.8 Å². The molecule has 1 aliphatic heterocycles. The predicted molar refractivity (Wildman–Crippen MR) is 114 cm³/mol.